The lowest BCUT2D eigenvalue weighted by Crippen LogP contribution is -2.49. The van der Waals surface area contributed by atoms with Gasteiger partial charge in [0.15, 0.2) is 0 Å². The minimum Gasteiger partial charge on any atom is -0.497 e. The van der Waals surface area contributed by atoms with Gasteiger partial charge in [0.25, 0.3) is 0 Å². The molecule has 0 spiro atoms. The zero-order valence-electron chi connectivity index (χ0n) is 14.7. The number of ether oxygens (including phenoxy) is 1. The average Bonchev–Trinajstić information content (AvgIpc) is 2.64. The topological polar surface area (TPSA) is 131 Å². The summed E-state index contributed by atoms with van der Waals surface area (Å²) in [5.41, 5.74) is 6.43. The lowest BCUT2D eigenvalue weighted by molar-refractivity contribution is -0.138. The fraction of sp³-hybridized carbons (Fsp3) is 0.471. The van der Waals surface area contributed by atoms with Crippen molar-refractivity contribution in [3.05, 3.63) is 29.8 Å². The number of nitrogens with two attached hydrogens (primary N) is 1. The summed E-state index contributed by atoms with van der Waals surface area (Å²) < 4.78 is 5.10. The zero-order valence-corrected chi connectivity index (χ0v) is 15.5. The molecule has 0 aliphatic carbocycles. The van der Waals surface area contributed by atoms with Crippen LogP contribution in [0, 0.1) is 0 Å². The summed E-state index contributed by atoms with van der Waals surface area (Å²) in [6, 6.07) is 6.74. The second-order valence-electron chi connectivity index (χ2n) is 5.49. The molecule has 0 fully saturated rings. The van der Waals surface area contributed by atoms with Crippen molar-refractivity contribution in [3.8, 4) is 5.75 Å². The van der Waals surface area contributed by atoms with Crippen molar-refractivity contribution in [2.75, 3.05) is 26.0 Å². The van der Waals surface area contributed by atoms with Gasteiger partial charge in [0.1, 0.15) is 18.3 Å². The number of carboxylic acids is 1. The molecule has 1 aromatic carbocycles. The number of benzene rings is 1. The molecule has 0 bridgehead atoms. The quantitative estimate of drug-likeness (QED) is 0.410. The van der Waals surface area contributed by atoms with Gasteiger partial charge in [0.05, 0.1) is 7.11 Å². The van der Waals surface area contributed by atoms with Crippen molar-refractivity contribution >= 4 is 29.5 Å². The maximum atomic E-state index is 12.1. The van der Waals surface area contributed by atoms with Crippen LogP contribution in [0.4, 0.5) is 0 Å². The number of carbonyl (C=O) groups excluding carboxylic acids is 2. The van der Waals surface area contributed by atoms with Gasteiger partial charge in [0, 0.05) is 17.9 Å². The Morgan fingerprint density at radius 1 is 1.27 bits per heavy atom. The van der Waals surface area contributed by atoms with Crippen LogP contribution >= 0.6 is 11.8 Å². The average molecular weight is 383 g/mol. The zero-order chi connectivity index (χ0) is 19.4. The van der Waals surface area contributed by atoms with Crippen LogP contribution in [0.1, 0.15) is 18.4 Å². The number of amides is 2. The Kier molecular flexibility index (Phi) is 10.2. The van der Waals surface area contributed by atoms with Crippen LogP contribution < -0.4 is 21.1 Å². The fourth-order valence-corrected chi connectivity index (χ4v) is 3.03. The number of nitrogens with one attached hydrogen (secondary N) is 2. The van der Waals surface area contributed by atoms with Crippen LogP contribution in [0.2, 0.25) is 0 Å². The normalized spacial score (nSPS) is 11.5. The standard InChI is InChI=1S/C17H25N3O5S/c1-25-13-6-4-12(5-7-13)10-26-11-14(17(24)19-9-16(22)23)20-15(21)3-2-8-18/h4-7,14H,2-3,8-11,18H2,1H3,(H,19,24)(H,20,21)(H,22,23)/t14-/m1/s1. The van der Waals surface area contributed by atoms with E-state index in [-0.39, 0.29) is 12.3 Å². The first-order chi connectivity index (χ1) is 12.5. The number of carboxylic acid groups (broad SMARTS) is 1. The number of methoxy groups -OCH3 is 1. The van der Waals surface area contributed by atoms with E-state index in [9.17, 15) is 14.4 Å². The van der Waals surface area contributed by atoms with Gasteiger partial charge < -0.3 is 26.2 Å². The smallest absolute Gasteiger partial charge is 0.322 e. The maximum Gasteiger partial charge on any atom is 0.322 e. The van der Waals surface area contributed by atoms with Crippen molar-refractivity contribution in [1.82, 2.24) is 10.6 Å². The van der Waals surface area contributed by atoms with Gasteiger partial charge in [-0.1, -0.05) is 12.1 Å². The summed E-state index contributed by atoms with van der Waals surface area (Å²) in [4.78, 5) is 34.6. The van der Waals surface area contributed by atoms with Crippen molar-refractivity contribution < 1.29 is 24.2 Å². The van der Waals surface area contributed by atoms with E-state index < -0.39 is 24.5 Å². The minimum absolute atomic E-state index is 0.225. The van der Waals surface area contributed by atoms with E-state index in [0.29, 0.717) is 24.5 Å². The Labute approximate surface area is 156 Å². The third kappa shape index (κ3) is 8.72. The molecule has 144 valence electrons. The fourth-order valence-electron chi connectivity index (χ4n) is 2.01. The second-order valence-corrected chi connectivity index (χ2v) is 6.52. The highest BCUT2D eigenvalue weighted by atomic mass is 32.2. The third-order valence-electron chi connectivity index (χ3n) is 3.39. The highest BCUT2D eigenvalue weighted by molar-refractivity contribution is 7.98. The Bertz CT molecular complexity index is 595. The number of rotatable bonds is 12. The van der Waals surface area contributed by atoms with Gasteiger partial charge in [-0.2, -0.15) is 11.8 Å². The molecule has 1 aromatic rings. The minimum atomic E-state index is -1.14. The summed E-state index contributed by atoms with van der Waals surface area (Å²) >= 11 is 1.47. The van der Waals surface area contributed by atoms with Crippen LogP contribution in [0.5, 0.6) is 5.75 Å². The predicted octanol–water partition coefficient (Wildman–Crippen LogP) is 0.353. The number of carbonyl (C=O) groups is 3. The van der Waals surface area contributed by atoms with E-state index >= 15 is 0 Å². The molecule has 0 aromatic heterocycles. The van der Waals surface area contributed by atoms with Crippen molar-refractivity contribution in [3.63, 3.8) is 0 Å². The van der Waals surface area contributed by atoms with Crippen LogP contribution in [0.3, 0.4) is 0 Å². The van der Waals surface area contributed by atoms with Crippen molar-refractivity contribution in [2.45, 2.75) is 24.6 Å². The van der Waals surface area contributed by atoms with E-state index in [0.717, 1.165) is 11.3 Å². The SMILES string of the molecule is COc1ccc(CSC[C@@H](NC(=O)CCCN)C(=O)NCC(=O)O)cc1. The second kappa shape index (κ2) is 12.2. The van der Waals surface area contributed by atoms with Crippen LogP contribution in [-0.2, 0) is 20.1 Å². The molecule has 0 radical (unpaired) electrons. The van der Waals surface area contributed by atoms with Gasteiger partial charge in [-0.25, -0.2) is 0 Å². The molecular weight excluding hydrogens is 358 g/mol. The Morgan fingerprint density at radius 3 is 2.54 bits per heavy atom. The lowest BCUT2D eigenvalue weighted by atomic mass is 10.2. The lowest BCUT2D eigenvalue weighted by Gasteiger charge is -2.18. The highest BCUT2D eigenvalue weighted by Crippen LogP contribution is 2.17. The summed E-state index contributed by atoms with van der Waals surface area (Å²) in [6.45, 7) is -0.104. The van der Waals surface area contributed by atoms with Crippen LogP contribution in [0.15, 0.2) is 24.3 Å². The van der Waals surface area contributed by atoms with Gasteiger partial charge in [-0.15, -0.1) is 0 Å². The molecule has 1 atom stereocenters. The molecule has 0 saturated heterocycles. The molecule has 9 heteroatoms. The molecule has 8 nitrogen and oxygen atoms in total. The number of hydrogen-bond donors (Lipinski definition) is 4. The first-order valence-corrected chi connectivity index (χ1v) is 9.31. The molecule has 0 aliphatic rings. The molecule has 5 N–H and O–H groups in total. The summed E-state index contributed by atoms with van der Waals surface area (Å²) in [5.74, 6) is -0.210. The first kappa shape index (κ1) is 21.8. The molecule has 2 amide bonds. The third-order valence-corrected chi connectivity index (χ3v) is 4.49. The summed E-state index contributed by atoms with van der Waals surface area (Å²) in [6.07, 6.45) is 0.747. The van der Waals surface area contributed by atoms with Crippen molar-refractivity contribution in [1.29, 1.82) is 0 Å². The molecule has 1 rings (SSSR count). The number of hydrogen-bond acceptors (Lipinski definition) is 6. The van der Waals surface area contributed by atoms with Gasteiger partial charge in [0.2, 0.25) is 11.8 Å². The molecule has 0 aliphatic heterocycles. The highest BCUT2D eigenvalue weighted by Gasteiger charge is 2.21. The van der Waals surface area contributed by atoms with Crippen molar-refractivity contribution in [2.24, 2.45) is 5.73 Å². The van der Waals surface area contributed by atoms with E-state index in [1.807, 2.05) is 24.3 Å². The number of thioether (sulfide) groups is 1. The Hall–Kier alpha value is -2.26. The van der Waals surface area contributed by atoms with Gasteiger partial charge in [-0.05, 0) is 30.7 Å². The summed E-state index contributed by atoms with van der Waals surface area (Å²) in [5, 5.41) is 13.6. The molecule has 0 unspecified atom stereocenters. The Morgan fingerprint density at radius 2 is 1.96 bits per heavy atom. The Balaban J connectivity index is 2.57. The van der Waals surface area contributed by atoms with E-state index in [1.54, 1.807) is 7.11 Å². The molecule has 0 saturated carbocycles. The molecule has 0 heterocycles. The van der Waals surface area contributed by atoms with E-state index in [2.05, 4.69) is 10.6 Å². The summed E-state index contributed by atoms with van der Waals surface area (Å²) in [7, 11) is 1.59. The van der Waals surface area contributed by atoms with Crippen LogP contribution in [0.25, 0.3) is 0 Å². The predicted molar refractivity (Wildman–Crippen MR) is 100 cm³/mol. The molecule has 26 heavy (non-hydrogen) atoms. The molecular formula is C17H25N3O5S. The van der Waals surface area contributed by atoms with E-state index in [4.69, 9.17) is 15.6 Å². The monoisotopic (exact) mass is 383 g/mol. The van der Waals surface area contributed by atoms with Gasteiger partial charge in [-0.3, -0.25) is 14.4 Å². The van der Waals surface area contributed by atoms with Crippen LogP contribution in [-0.4, -0.2) is 54.9 Å². The van der Waals surface area contributed by atoms with E-state index in [1.165, 1.54) is 11.8 Å². The largest absolute Gasteiger partial charge is 0.497 e. The maximum absolute atomic E-state index is 12.1. The van der Waals surface area contributed by atoms with Gasteiger partial charge >= 0.3 is 5.97 Å². The first-order valence-electron chi connectivity index (χ1n) is 8.16. The number of aliphatic carboxylic acids is 1.